The second kappa shape index (κ2) is 5.93. The Labute approximate surface area is 125 Å². The zero-order valence-electron chi connectivity index (χ0n) is 12.6. The minimum atomic E-state index is 0.0348. The van der Waals surface area contributed by atoms with E-state index in [0.717, 1.165) is 43.0 Å². The summed E-state index contributed by atoms with van der Waals surface area (Å²) < 4.78 is 11.4. The number of ether oxygens (including phenoxy) is 2. The van der Waals surface area contributed by atoms with Crippen molar-refractivity contribution < 1.29 is 14.3 Å². The van der Waals surface area contributed by atoms with E-state index in [2.05, 4.69) is 10.6 Å². The number of hydrogen-bond acceptors (Lipinski definition) is 4. The van der Waals surface area contributed by atoms with Gasteiger partial charge in [-0.2, -0.15) is 0 Å². The molecule has 1 aromatic carbocycles. The Morgan fingerprint density at radius 3 is 3.10 bits per heavy atom. The number of fused-ring (bicyclic) bond motifs is 1. The first-order valence-corrected chi connectivity index (χ1v) is 7.65. The fourth-order valence-corrected chi connectivity index (χ4v) is 2.93. The van der Waals surface area contributed by atoms with Gasteiger partial charge in [0.25, 0.3) is 0 Å². The SMILES string of the molecule is CCOc1cc2c(cc1NC(=O)C1CCNC1)OC(C)C2. The van der Waals surface area contributed by atoms with E-state index in [1.54, 1.807) is 0 Å². The molecule has 2 unspecified atom stereocenters. The van der Waals surface area contributed by atoms with Gasteiger partial charge in [-0.25, -0.2) is 0 Å². The molecule has 2 aliphatic heterocycles. The maximum atomic E-state index is 12.3. The van der Waals surface area contributed by atoms with Gasteiger partial charge in [0.2, 0.25) is 5.91 Å². The molecule has 0 aliphatic carbocycles. The van der Waals surface area contributed by atoms with Crippen LogP contribution in [0.3, 0.4) is 0 Å². The van der Waals surface area contributed by atoms with Crippen molar-refractivity contribution in [2.45, 2.75) is 32.8 Å². The number of carbonyl (C=O) groups excluding carboxylic acids is 1. The Bertz CT molecular complexity index is 539. The monoisotopic (exact) mass is 290 g/mol. The van der Waals surface area contributed by atoms with Gasteiger partial charge >= 0.3 is 0 Å². The van der Waals surface area contributed by atoms with Crippen molar-refractivity contribution in [2.24, 2.45) is 5.92 Å². The van der Waals surface area contributed by atoms with Crippen LogP contribution in [-0.2, 0) is 11.2 Å². The molecule has 2 N–H and O–H groups in total. The lowest BCUT2D eigenvalue weighted by atomic mass is 10.1. The molecule has 0 spiro atoms. The zero-order chi connectivity index (χ0) is 14.8. The fraction of sp³-hybridized carbons (Fsp3) is 0.562. The molecule has 1 aromatic rings. The molecule has 5 nitrogen and oxygen atoms in total. The third-order valence-electron chi connectivity index (χ3n) is 3.99. The van der Waals surface area contributed by atoms with E-state index in [1.165, 1.54) is 0 Å². The molecule has 3 rings (SSSR count). The number of rotatable bonds is 4. The van der Waals surface area contributed by atoms with Crippen molar-refractivity contribution >= 4 is 11.6 Å². The zero-order valence-corrected chi connectivity index (χ0v) is 12.6. The predicted octanol–water partition coefficient (Wildman–Crippen LogP) is 1.96. The van der Waals surface area contributed by atoms with Crippen LogP contribution in [0.4, 0.5) is 5.69 Å². The highest BCUT2D eigenvalue weighted by Crippen LogP contribution is 2.38. The van der Waals surface area contributed by atoms with E-state index in [0.29, 0.717) is 12.3 Å². The van der Waals surface area contributed by atoms with Crippen LogP contribution in [-0.4, -0.2) is 31.7 Å². The molecule has 0 aromatic heterocycles. The van der Waals surface area contributed by atoms with Crippen LogP contribution in [0.1, 0.15) is 25.8 Å². The molecule has 2 aliphatic rings. The average molecular weight is 290 g/mol. The highest BCUT2D eigenvalue weighted by molar-refractivity contribution is 5.94. The van der Waals surface area contributed by atoms with Gasteiger partial charge in [-0.3, -0.25) is 4.79 Å². The lowest BCUT2D eigenvalue weighted by Crippen LogP contribution is -2.24. The summed E-state index contributed by atoms with van der Waals surface area (Å²) >= 11 is 0. The summed E-state index contributed by atoms with van der Waals surface area (Å²) in [5.74, 6) is 1.67. The summed E-state index contributed by atoms with van der Waals surface area (Å²) in [6.45, 7) is 6.21. The highest BCUT2D eigenvalue weighted by atomic mass is 16.5. The molecular formula is C16H22N2O3. The van der Waals surface area contributed by atoms with E-state index in [-0.39, 0.29) is 17.9 Å². The number of hydrogen-bond donors (Lipinski definition) is 2. The van der Waals surface area contributed by atoms with Gasteiger partial charge in [0.15, 0.2) is 0 Å². The molecule has 1 saturated heterocycles. The van der Waals surface area contributed by atoms with Crippen molar-refractivity contribution in [2.75, 3.05) is 25.0 Å². The number of anilines is 1. The molecule has 0 bridgehead atoms. The van der Waals surface area contributed by atoms with Crippen LogP contribution in [0.25, 0.3) is 0 Å². The molecule has 2 atom stereocenters. The second-order valence-corrected chi connectivity index (χ2v) is 5.70. The maximum absolute atomic E-state index is 12.3. The first-order chi connectivity index (χ1) is 10.2. The van der Waals surface area contributed by atoms with E-state index in [4.69, 9.17) is 9.47 Å². The van der Waals surface area contributed by atoms with Crippen molar-refractivity contribution in [3.63, 3.8) is 0 Å². The van der Waals surface area contributed by atoms with Crippen LogP contribution in [0.2, 0.25) is 0 Å². The first kappa shape index (κ1) is 14.2. The molecule has 0 radical (unpaired) electrons. The Morgan fingerprint density at radius 2 is 2.38 bits per heavy atom. The lowest BCUT2D eigenvalue weighted by Gasteiger charge is -2.15. The number of carbonyl (C=O) groups is 1. The minimum absolute atomic E-state index is 0.0348. The molecule has 0 saturated carbocycles. The van der Waals surface area contributed by atoms with E-state index in [9.17, 15) is 4.79 Å². The smallest absolute Gasteiger partial charge is 0.228 e. The van der Waals surface area contributed by atoms with E-state index < -0.39 is 0 Å². The summed E-state index contributed by atoms with van der Waals surface area (Å²) in [5.41, 5.74) is 1.85. The van der Waals surface area contributed by atoms with Crippen LogP contribution < -0.4 is 20.1 Å². The largest absolute Gasteiger partial charge is 0.492 e. The third kappa shape index (κ3) is 2.97. The van der Waals surface area contributed by atoms with Crippen molar-refractivity contribution in [3.8, 4) is 11.5 Å². The third-order valence-corrected chi connectivity index (χ3v) is 3.99. The Balaban J connectivity index is 1.82. The Hall–Kier alpha value is -1.75. The van der Waals surface area contributed by atoms with Gasteiger partial charge in [-0.1, -0.05) is 0 Å². The molecule has 1 fully saturated rings. The highest BCUT2D eigenvalue weighted by Gasteiger charge is 2.26. The van der Waals surface area contributed by atoms with Crippen LogP contribution >= 0.6 is 0 Å². The summed E-state index contributed by atoms with van der Waals surface area (Å²) in [7, 11) is 0. The quantitative estimate of drug-likeness (QED) is 0.890. The first-order valence-electron chi connectivity index (χ1n) is 7.65. The summed E-state index contributed by atoms with van der Waals surface area (Å²) in [5, 5.41) is 6.21. The standard InChI is InChI=1S/C16H22N2O3/c1-3-20-15-7-12-6-10(2)21-14(12)8-13(15)18-16(19)11-4-5-17-9-11/h7-8,10-11,17H,3-6,9H2,1-2H3,(H,18,19). The number of benzene rings is 1. The van der Waals surface area contributed by atoms with Gasteiger partial charge in [-0.15, -0.1) is 0 Å². The van der Waals surface area contributed by atoms with Crippen molar-refractivity contribution in [3.05, 3.63) is 17.7 Å². The van der Waals surface area contributed by atoms with Gasteiger partial charge in [-0.05, 0) is 32.9 Å². The summed E-state index contributed by atoms with van der Waals surface area (Å²) in [4.78, 5) is 12.3. The van der Waals surface area contributed by atoms with Crippen molar-refractivity contribution in [1.82, 2.24) is 5.32 Å². The Morgan fingerprint density at radius 1 is 1.52 bits per heavy atom. The number of nitrogens with one attached hydrogen (secondary N) is 2. The molecule has 5 heteroatoms. The topological polar surface area (TPSA) is 59.6 Å². The van der Waals surface area contributed by atoms with Gasteiger partial charge in [0.1, 0.15) is 17.6 Å². The molecule has 2 heterocycles. The minimum Gasteiger partial charge on any atom is -0.492 e. The van der Waals surface area contributed by atoms with Crippen LogP contribution in [0.5, 0.6) is 11.5 Å². The summed E-state index contributed by atoms with van der Waals surface area (Å²) in [6.07, 6.45) is 1.95. The fourth-order valence-electron chi connectivity index (χ4n) is 2.93. The molecule has 114 valence electrons. The van der Waals surface area contributed by atoms with Crippen molar-refractivity contribution in [1.29, 1.82) is 0 Å². The van der Waals surface area contributed by atoms with Crippen LogP contribution in [0, 0.1) is 5.92 Å². The second-order valence-electron chi connectivity index (χ2n) is 5.70. The van der Waals surface area contributed by atoms with E-state index in [1.807, 2.05) is 26.0 Å². The molecule has 1 amide bonds. The molecular weight excluding hydrogens is 268 g/mol. The number of amides is 1. The normalized spacial score (nSPS) is 23.5. The van der Waals surface area contributed by atoms with E-state index >= 15 is 0 Å². The van der Waals surface area contributed by atoms with Gasteiger partial charge in [0.05, 0.1) is 18.2 Å². The maximum Gasteiger partial charge on any atom is 0.228 e. The van der Waals surface area contributed by atoms with Gasteiger partial charge < -0.3 is 20.1 Å². The predicted molar refractivity (Wildman–Crippen MR) is 81.0 cm³/mol. The lowest BCUT2D eigenvalue weighted by molar-refractivity contribution is -0.119. The average Bonchev–Trinajstić information content (AvgIpc) is 3.07. The Kier molecular flexibility index (Phi) is 4.01. The molecule has 21 heavy (non-hydrogen) atoms. The van der Waals surface area contributed by atoms with Gasteiger partial charge in [0, 0.05) is 24.6 Å². The summed E-state index contributed by atoms with van der Waals surface area (Å²) in [6, 6.07) is 3.88. The van der Waals surface area contributed by atoms with Crippen LogP contribution in [0.15, 0.2) is 12.1 Å².